The Kier molecular flexibility index (Phi) is 6.00. The second-order valence-electron chi connectivity index (χ2n) is 8.33. The third kappa shape index (κ3) is 4.93. The minimum atomic E-state index is -0.608. The van der Waals surface area contributed by atoms with Crippen LogP contribution in [-0.2, 0) is 0 Å². The van der Waals surface area contributed by atoms with Crippen LogP contribution in [0, 0.1) is 10.1 Å². The summed E-state index contributed by atoms with van der Waals surface area (Å²) in [6.45, 7) is 11.1. The first-order valence-electron chi connectivity index (χ1n) is 8.35. The predicted molar refractivity (Wildman–Crippen MR) is 116 cm³/mol. The smallest absolute Gasteiger partial charge is 0.259 e. The van der Waals surface area contributed by atoms with Gasteiger partial charge in [-0.2, -0.15) is 0 Å². The molecule has 0 amide bonds. The van der Waals surface area contributed by atoms with Gasteiger partial charge in [0.2, 0.25) is 5.54 Å². The lowest BCUT2D eigenvalue weighted by Crippen LogP contribution is -2.36. The highest BCUT2D eigenvalue weighted by Crippen LogP contribution is 2.36. The molecular formula is C20H24Br2N2O2. The standard InChI is InChI=1S/C20H24Br2N2O2/c1-19(2,3)23(25)17-9-14(13-7-15(21)11-16(22)8-13)10-18(12-17)24(26)20(4,5)6/h7-12H,1-6H3. The zero-order chi connectivity index (χ0) is 19.9. The average Bonchev–Trinajstić information content (AvgIpc) is 2.50. The van der Waals surface area contributed by atoms with Crippen molar-refractivity contribution in [2.45, 2.75) is 52.6 Å². The van der Waals surface area contributed by atoms with Crippen LogP contribution in [0.25, 0.3) is 11.1 Å². The molecule has 0 saturated heterocycles. The van der Waals surface area contributed by atoms with E-state index in [-0.39, 0.29) is 0 Å². The number of nitrogens with zero attached hydrogens (tertiary/aromatic N) is 2. The normalized spacial score (nSPS) is 12.2. The first-order valence-corrected chi connectivity index (χ1v) is 9.94. The molecule has 26 heavy (non-hydrogen) atoms. The molecular weight excluding hydrogens is 460 g/mol. The van der Waals surface area contributed by atoms with Crippen molar-refractivity contribution in [2.75, 3.05) is 5.06 Å². The molecule has 0 atom stereocenters. The number of benzene rings is 2. The Labute approximate surface area is 172 Å². The van der Waals surface area contributed by atoms with Gasteiger partial charge in [-0.3, -0.25) is 0 Å². The molecule has 0 aromatic heterocycles. The molecule has 0 fully saturated rings. The number of hydroxylamine groups is 1. The third-order valence-corrected chi connectivity index (χ3v) is 4.70. The van der Waals surface area contributed by atoms with E-state index in [2.05, 4.69) is 31.9 Å². The number of hydrogen-bond donors (Lipinski definition) is 0. The summed E-state index contributed by atoms with van der Waals surface area (Å²) in [5, 5.41) is 13.7. The van der Waals surface area contributed by atoms with Crippen LogP contribution < -0.4 is 5.06 Å². The van der Waals surface area contributed by atoms with E-state index in [0.29, 0.717) is 11.4 Å². The van der Waals surface area contributed by atoms with Gasteiger partial charge in [-0.25, -0.2) is 0 Å². The van der Waals surface area contributed by atoms with Crippen molar-refractivity contribution in [3.63, 3.8) is 0 Å². The molecule has 0 heterocycles. The van der Waals surface area contributed by atoms with Gasteiger partial charge >= 0.3 is 0 Å². The first kappa shape index (κ1) is 21.1. The second kappa shape index (κ2) is 7.41. The van der Waals surface area contributed by atoms with Crippen molar-refractivity contribution in [3.05, 3.63) is 55.5 Å². The lowest BCUT2D eigenvalue weighted by molar-refractivity contribution is -0.540. The highest BCUT2D eigenvalue weighted by Gasteiger charge is 2.32. The molecule has 0 aliphatic rings. The van der Waals surface area contributed by atoms with Crippen LogP contribution >= 0.6 is 31.9 Å². The average molecular weight is 484 g/mol. The molecule has 4 nitrogen and oxygen atoms in total. The van der Waals surface area contributed by atoms with E-state index in [9.17, 15) is 10.1 Å². The Morgan fingerprint density at radius 1 is 0.846 bits per heavy atom. The van der Waals surface area contributed by atoms with Gasteiger partial charge < -0.3 is 10.3 Å². The summed E-state index contributed by atoms with van der Waals surface area (Å²) in [5.41, 5.74) is 1.44. The minimum absolute atomic E-state index is 0.464. The van der Waals surface area contributed by atoms with E-state index < -0.39 is 11.1 Å². The van der Waals surface area contributed by atoms with E-state index in [1.54, 1.807) is 6.07 Å². The summed E-state index contributed by atoms with van der Waals surface area (Å²) in [6, 6.07) is 11.2. The molecule has 0 aliphatic heterocycles. The van der Waals surface area contributed by atoms with Crippen molar-refractivity contribution in [3.8, 4) is 11.1 Å². The van der Waals surface area contributed by atoms with Gasteiger partial charge in [-0.15, -0.1) is 0 Å². The summed E-state index contributed by atoms with van der Waals surface area (Å²) in [7, 11) is 0. The van der Waals surface area contributed by atoms with Gasteiger partial charge in [0.1, 0.15) is 0 Å². The van der Waals surface area contributed by atoms with E-state index in [1.165, 1.54) is 0 Å². The fraction of sp³-hybridized carbons (Fsp3) is 0.400. The number of anilines is 1. The Bertz CT molecular complexity index is 816. The van der Waals surface area contributed by atoms with Crippen molar-refractivity contribution in [1.29, 1.82) is 0 Å². The summed E-state index contributed by atoms with van der Waals surface area (Å²) in [5.74, 6) is 0. The largest absolute Gasteiger partial charge is 0.758 e. The quantitative estimate of drug-likeness (QED) is 0.342. The number of halogens is 2. The van der Waals surface area contributed by atoms with Gasteiger partial charge in [-0.1, -0.05) is 31.9 Å². The molecule has 0 aliphatic carbocycles. The zero-order valence-electron chi connectivity index (χ0n) is 15.9. The molecule has 2 aromatic carbocycles. The van der Waals surface area contributed by atoms with Crippen LogP contribution in [0.4, 0.5) is 11.4 Å². The summed E-state index contributed by atoms with van der Waals surface area (Å²) in [4.78, 5) is 12.8. The maximum Gasteiger partial charge on any atom is 0.259 e. The highest BCUT2D eigenvalue weighted by atomic mass is 79.9. The Morgan fingerprint density at radius 2 is 1.35 bits per heavy atom. The molecule has 2 rings (SSSR count). The minimum Gasteiger partial charge on any atom is -0.758 e. The Morgan fingerprint density at radius 3 is 1.81 bits per heavy atom. The Balaban J connectivity index is 2.70. The molecule has 0 spiro atoms. The van der Waals surface area contributed by atoms with Crippen molar-refractivity contribution < 1.29 is 4.76 Å². The van der Waals surface area contributed by atoms with Gasteiger partial charge in [-0.05, 0) is 56.2 Å². The summed E-state index contributed by atoms with van der Waals surface area (Å²) < 4.78 is 2.78. The molecule has 0 saturated carbocycles. The van der Waals surface area contributed by atoms with Gasteiger partial charge in [0.25, 0.3) is 5.69 Å². The maximum atomic E-state index is 12.8. The highest BCUT2D eigenvalue weighted by molar-refractivity contribution is 9.11. The lowest BCUT2D eigenvalue weighted by atomic mass is 10.0. The topological polar surface area (TPSA) is 46.4 Å². The van der Waals surface area contributed by atoms with E-state index in [1.807, 2.05) is 71.9 Å². The van der Waals surface area contributed by atoms with Crippen LogP contribution in [0.2, 0.25) is 0 Å². The number of hydrogen-bond acceptors (Lipinski definition) is 3. The maximum absolute atomic E-state index is 12.8. The van der Waals surface area contributed by atoms with Gasteiger partial charge in [0, 0.05) is 62.7 Å². The predicted octanol–water partition coefficient (Wildman–Crippen LogP) is 7.19. The van der Waals surface area contributed by atoms with Crippen LogP contribution in [0.1, 0.15) is 41.5 Å². The van der Waals surface area contributed by atoms with Crippen LogP contribution in [0.15, 0.2) is 45.3 Å². The molecule has 6 heteroatoms. The van der Waals surface area contributed by atoms with Crippen molar-refractivity contribution in [1.82, 2.24) is 0 Å². The third-order valence-electron chi connectivity index (χ3n) is 3.79. The molecule has 0 unspecified atom stereocenters. The molecule has 0 radical (unpaired) electrons. The first-order chi connectivity index (χ1) is 11.8. The number of nitroso groups, excluding NO2 is 1. The summed E-state index contributed by atoms with van der Waals surface area (Å²) in [6.07, 6.45) is 0. The molecule has 0 N–H and O–H groups in total. The van der Waals surface area contributed by atoms with Crippen LogP contribution in [0.5, 0.6) is 0 Å². The molecule has 140 valence electrons. The Hall–Kier alpha value is -1.24. The van der Waals surface area contributed by atoms with Crippen molar-refractivity contribution >= 4 is 43.2 Å². The fourth-order valence-corrected chi connectivity index (χ4v) is 3.79. The second-order valence-corrected chi connectivity index (χ2v) is 10.2. The molecule has 0 bridgehead atoms. The molecule has 2 aromatic rings. The SMILES string of the molecule is CC(C)(C)N([O-])c1cc(-c2cc(Br)cc(Br)c2)cc([N+](=O)C(C)(C)C)c1. The van der Waals surface area contributed by atoms with E-state index in [4.69, 9.17) is 0 Å². The monoisotopic (exact) mass is 482 g/mol. The zero-order valence-corrected chi connectivity index (χ0v) is 19.1. The van der Waals surface area contributed by atoms with Crippen LogP contribution in [0.3, 0.4) is 0 Å². The lowest BCUT2D eigenvalue weighted by Gasteiger charge is -2.43. The van der Waals surface area contributed by atoms with Gasteiger partial charge in [0.15, 0.2) is 0 Å². The van der Waals surface area contributed by atoms with Crippen LogP contribution in [-0.4, -0.2) is 15.8 Å². The van der Waals surface area contributed by atoms with E-state index in [0.717, 1.165) is 29.9 Å². The summed E-state index contributed by atoms with van der Waals surface area (Å²) >= 11 is 6.99. The number of rotatable bonds is 3. The van der Waals surface area contributed by atoms with E-state index >= 15 is 0 Å². The van der Waals surface area contributed by atoms with Crippen molar-refractivity contribution in [2.24, 2.45) is 0 Å². The fourth-order valence-electron chi connectivity index (χ4n) is 2.49. The van der Waals surface area contributed by atoms with Gasteiger partial charge in [0.05, 0.1) is 0 Å².